The fourth-order valence-corrected chi connectivity index (χ4v) is 4.30. The minimum Gasteiger partial charge on any atom is -0.466 e. The smallest absolute Gasteiger partial charge is 0.331 e. The van der Waals surface area contributed by atoms with Crippen LogP contribution in [0, 0.1) is 0 Å². The predicted molar refractivity (Wildman–Crippen MR) is 132 cm³/mol. The third-order valence-corrected chi connectivity index (χ3v) is 5.98. The molecule has 1 unspecified atom stereocenters. The van der Waals surface area contributed by atoms with Crippen molar-refractivity contribution in [2.24, 2.45) is 0 Å². The van der Waals surface area contributed by atoms with Gasteiger partial charge in [-0.05, 0) is 29.3 Å². The van der Waals surface area contributed by atoms with Gasteiger partial charge < -0.3 is 4.74 Å². The fourth-order valence-electron chi connectivity index (χ4n) is 3.34. The second-order valence-corrected chi connectivity index (χ2v) is 8.46. The first-order valence-electron chi connectivity index (χ1n) is 10.4. The summed E-state index contributed by atoms with van der Waals surface area (Å²) in [5, 5.41) is 1.26. The Morgan fingerprint density at radius 2 is 1.52 bits per heavy atom. The van der Waals surface area contributed by atoms with Gasteiger partial charge in [0.15, 0.2) is 0 Å². The zero-order valence-corrected chi connectivity index (χ0v) is 19.3. The van der Waals surface area contributed by atoms with Crippen LogP contribution < -0.4 is 4.90 Å². The Kier molecular flexibility index (Phi) is 8.49. The summed E-state index contributed by atoms with van der Waals surface area (Å²) in [5.41, 5.74) is 3.21. The predicted octanol–water partition coefficient (Wildman–Crippen LogP) is 5.12. The number of amides is 1. The minimum atomic E-state index is -1.67. The molecule has 0 aliphatic rings. The Labute approximate surface area is 196 Å². The molecule has 6 heteroatoms. The lowest BCUT2D eigenvalue weighted by molar-refractivity contribution is -0.134. The normalized spacial score (nSPS) is 12.4. The molecule has 1 amide bonds. The monoisotopic (exact) mass is 459 g/mol. The largest absolute Gasteiger partial charge is 0.466 e. The Hall–Kier alpha value is -3.77. The number of para-hydroxylation sites is 1. The molecule has 0 bridgehead atoms. The maximum absolute atomic E-state index is 13.0. The molecule has 33 heavy (non-hydrogen) atoms. The Morgan fingerprint density at radius 3 is 2.15 bits per heavy atom. The molecule has 0 saturated heterocycles. The average Bonchev–Trinajstić information content (AvgIpc) is 2.83. The lowest BCUT2D eigenvalue weighted by atomic mass is 10.1. The molecule has 3 aromatic rings. The molecule has 1 atom stereocenters. The summed E-state index contributed by atoms with van der Waals surface area (Å²) in [6.07, 6.45) is 3.57. The summed E-state index contributed by atoms with van der Waals surface area (Å²) >= 11 is 0. The Morgan fingerprint density at radius 1 is 0.909 bits per heavy atom. The van der Waals surface area contributed by atoms with E-state index in [0.717, 1.165) is 22.9 Å². The number of anilines is 1. The van der Waals surface area contributed by atoms with Crippen molar-refractivity contribution in [2.75, 3.05) is 12.0 Å². The van der Waals surface area contributed by atoms with E-state index in [1.54, 1.807) is 29.2 Å². The van der Waals surface area contributed by atoms with Gasteiger partial charge in [0, 0.05) is 30.5 Å². The number of esters is 1. The SMILES string of the molecule is COC(=O)/C=C/S(=O)c1ccccc1N(C(C)=O)/C(=C/c1ccccc1)Cc1ccccc1. The summed E-state index contributed by atoms with van der Waals surface area (Å²) in [7, 11) is -0.411. The van der Waals surface area contributed by atoms with Crippen LogP contribution in [0.1, 0.15) is 18.1 Å². The Bertz CT molecular complexity index is 1190. The van der Waals surface area contributed by atoms with E-state index in [1.165, 1.54) is 19.4 Å². The van der Waals surface area contributed by atoms with Gasteiger partial charge in [0.05, 0.1) is 28.5 Å². The molecular formula is C27H25NO4S. The number of methoxy groups -OCH3 is 1. The first-order valence-corrected chi connectivity index (χ1v) is 11.6. The molecule has 0 spiro atoms. The van der Waals surface area contributed by atoms with E-state index in [-0.39, 0.29) is 5.91 Å². The third-order valence-electron chi connectivity index (χ3n) is 4.81. The number of nitrogens with zero attached hydrogens (tertiary/aromatic N) is 1. The van der Waals surface area contributed by atoms with Crippen LogP contribution in [0.15, 0.2) is 107 Å². The number of ether oxygens (including phenoxy) is 1. The molecule has 0 radical (unpaired) electrons. The highest BCUT2D eigenvalue weighted by Crippen LogP contribution is 2.30. The lowest BCUT2D eigenvalue weighted by Crippen LogP contribution is -2.29. The number of rotatable bonds is 8. The van der Waals surface area contributed by atoms with Crippen molar-refractivity contribution >= 4 is 34.4 Å². The van der Waals surface area contributed by atoms with E-state index in [1.807, 2.05) is 66.7 Å². The van der Waals surface area contributed by atoms with E-state index in [9.17, 15) is 13.8 Å². The van der Waals surface area contributed by atoms with Gasteiger partial charge in [-0.3, -0.25) is 9.69 Å². The summed E-state index contributed by atoms with van der Waals surface area (Å²) in [6, 6.07) is 26.6. The van der Waals surface area contributed by atoms with Crippen LogP contribution in [-0.4, -0.2) is 23.2 Å². The molecule has 5 nitrogen and oxygen atoms in total. The van der Waals surface area contributed by atoms with Crippen LogP contribution >= 0.6 is 0 Å². The van der Waals surface area contributed by atoms with Gasteiger partial charge in [0.25, 0.3) is 0 Å². The van der Waals surface area contributed by atoms with Crippen LogP contribution in [0.2, 0.25) is 0 Å². The highest BCUT2D eigenvalue weighted by molar-refractivity contribution is 7.88. The number of hydrogen-bond donors (Lipinski definition) is 0. The van der Waals surface area contributed by atoms with Crippen molar-refractivity contribution in [1.82, 2.24) is 0 Å². The van der Waals surface area contributed by atoms with E-state index >= 15 is 0 Å². The van der Waals surface area contributed by atoms with Gasteiger partial charge in [-0.25, -0.2) is 9.00 Å². The van der Waals surface area contributed by atoms with Crippen molar-refractivity contribution in [1.29, 1.82) is 0 Å². The van der Waals surface area contributed by atoms with Crippen LogP contribution in [0.3, 0.4) is 0 Å². The maximum atomic E-state index is 13.0. The van der Waals surface area contributed by atoms with Gasteiger partial charge in [-0.1, -0.05) is 72.8 Å². The van der Waals surface area contributed by atoms with Crippen molar-refractivity contribution < 1.29 is 18.5 Å². The summed E-state index contributed by atoms with van der Waals surface area (Å²) in [6.45, 7) is 1.48. The minimum absolute atomic E-state index is 0.213. The van der Waals surface area contributed by atoms with Crippen LogP contribution in [0.5, 0.6) is 0 Å². The third kappa shape index (κ3) is 6.60. The molecule has 0 aliphatic carbocycles. The van der Waals surface area contributed by atoms with E-state index in [4.69, 9.17) is 0 Å². The molecule has 168 valence electrons. The molecule has 0 heterocycles. The zero-order valence-electron chi connectivity index (χ0n) is 18.5. The first kappa shape index (κ1) is 23.9. The van der Waals surface area contributed by atoms with Gasteiger partial charge in [0.2, 0.25) is 5.91 Å². The topological polar surface area (TPSA) is 63.7 Å². The number of benzene rings is 3. The van der Waals surface area contributed by atoms with E-state index in [2.05, 4.69) is 4.74 Å². The van der Waals surface area contributed by atoms with Crippen molar-refractivity contribution in [2.45, 2.75) is 18.2 Å². The number of carbonyl (C=O) groups excluding carboxylic acids is 2. The second kappa shape index (κ2) is 11.7. The fraction of sp³-hybridized carbons (Fsp3) is 0.111. The molecule has 0 N–H and O–H groups in total. The van der Waals surface area contributed by atoms with Gasteiger partial charge in [0.1, 0.15) is 0 Å². The molecule has 0 fully saturated rings. The number of allylic oxidation sites excluding steroid dienone is 1. The molecule has 0 saturated carbocycles. The van der Waals surface area contributed by atoms with E-state index in [0.29, 0.717) is 17.0 Å². The quantitative estimate of drug-likeness (QED) is 0.347. The second-order valence-electron chi connectivity index (χ2n) is 7.15. The number of hydrogen-bond acceptors (Lipinski definition) is 4. The summed E-state index contributed by atoms with van der Waals surface area (Å²) < 4.78 is 17.6. The lowest BCUT2D eigenvalue weighted by Gasteiger charge is -2.26. The van der Waals surface area contributed by atoms with Crippen LogP contribution in [0.25, 0.3) is 6.08 Å². The van der Waals surface area contributed by atoms with Gasteiger partial charge in [-0.2, -0.15) is 0 Å². The highest BCUT2D eigenvalue weighted by atomic mass is 32.2. The standard InChI is InChI=1S/C27H25NO4S/c1-21(29)28(25-15-9-10-16-26(25)33(31)18-17-27(30)32-2)24(19-22-11-5-3-6-12-22)20-23-13-7-4-8-14-23/h3-19H,20H2,1-2H3/b18-17+,24-19+. The summed E-state index contributed by atoms with van der Waals surface area (Å²) in [4.78, 5) is 26.4. The number of carbonyl (C=O) groups is 2. The molecule has 3 aromatic carbocycles. The highest BCUT2D eigenvalue weighted by Gasteiger charge is 2.22. The van der Waals surface area contributed by atoms with Gasteiger partial charge >= 0.3 is 5.97 Å². The van der Waals surface area contributed by atoms with Crippen molar-refractivity contribution in [3.05, 3.63) is 113 Å². The zero-order chi connectivity index (χ0) is 23.6. The summed E-state index contributed by atoms with van der Waals surface area (Å²) in [5.74, 6) is -0.812. The average molecular weight is 460 g/mol. The molecule has 3 rings (SSSR count). The van der Waals surface area contributed by atoms with E-state index < -0.39 is 16.8 Å². The van der Waals surface area contributed by atoms with Gasteiger partial charge in [-0.15, -0.1) is 0 Å². The first-order chi connectivity index (χ1) is 16.0. The molecular weight excluding hydrogens is 434 g/mol. The van der Waals surface area contributed by atoms with Crippen molar-refractivity contribution in [3.63, 3.8) is 0 Å². The molecule has 0 aromatic heterocycles. The maximum Gasteiger partial charge on any atom is 0.331 e. The molecule has 0 aliphatic heterocycles. The van der Waals surface area contributed by atoms with Crippen LogP contribution in [-0.2, 0) is 31.5 Å². The van der Waals surface area contributed by atoms with Crippen LogP contribution in [0.4, 0.5) is 5.69 Å². The Balaban J connectivity index is 2.11. The van der Waals surface area contributed by atoms with Crippen molar-refractivity contribution in [3.8, 4) is 0 Å².